The molecule has 144 valence electrons. The minimum Gasteiger partial charge on any atom is -0.493 e. The molecule has 3 rings (SSSR count). The lowest BCUT2D eigenvalue weighted by atomic mass is 9.93. The lowest BCUT2D eigenvalue weighted by molar-refractivity contribution is 0.0680. The fraction of sp³-hybridized carbons (Fsp3) is 0.409. The highest BCUT2D eigenvalue weighted by Crippen LogP contribution is 2.23. The number of carbonyl (C=O) groups excluding carboxylic acids is 1. The van der Waals surface area contributed by atoms with Crippen molar-refractivity contribution in [3.8, 4) is 5.75 Å². The molecular formula is C22H27FN2O2. The molecule has 0 spiro atoms. The molecule has 0 saturated carbocycles. The normalized spacial score (nSPS) is 14.9. The van der Waals surface area contributed by atoms with Gasteiger partial charge in [0.05, 0.1) is 6.61 Å². The van der Waals surface area contributed by atoms with E-state index in [1.54, 1.807) is 12.1 Å². The Kier molecular flexibility index (Phi) is 6.32. The largest absolute Gasteiger partial charge is 0.493 e. The zero-order chi connectivity index (χ0) is 19.2. The van der Waals surface area contributed by atoms with Crippen LogP contribution in [0.4, 0.5) is 10.1 Å². The summed E-state index contributed by atoms with van der Waals surface area (Å²) < 4.78 is 18.8. The lowest BCUT2D eigenvalue weighted by Gasteiger charge is -2.32. The van der Waals surface area contributed by atoms with Gasteiger partial charge in [0.25, 0.3) is 5.91 Å². The van der Waals surface area contributed by atoms with Gasteiger partial charge < -0.3 is 14.5 Å². The molecular weight excluding hydrogens is 343 g/mol. The smallest absolute Gasteiger partial charge is 0.253 e. The maximum atomic E-state index is 13.2. The van der Waals surface area contributed by atoms with Gasteiger partial charge in [0.2, 0.25) is 0 Å². The van der Waals surface area contributed by atoms with Crippen molar-refractivity contribution in [2.24, 2.45) is 5.92 Å². The number of likely N-dealkylation sites (tertiary alicyclic amines) is 1. The maximum Gasteiger partial charge on any atom is 0.253 e. The van der Waals surface area contributed by atoms with Gasteiger partial charge in [-0.05, 0) is 55.5 Å². The molecule has 1 heterocycles. The zero-order valence-electron chi connectivity index (χ0n) is 16.0. The van der Waals surface area contributed by atoms with E-state index in [0.29, 0.717) is 18.3 Å². The van der Waals surface area contributed by atoms with Crippen LogP contribution in [0.3, 0.4) is 0 Å². The van der Waals surface area contributed by atoms with Crippen LogP contribution in [-0.4, -0.2) is 44.6 Å². The van der Waals surface area contributed by atoms with Gasteiger partial charge in [0.1, 0.15) is 11.6 Å². The van der Waals surface area contributed by atoms with Crippen LogP contribution in [-0.2, 0) is 0 Å². The first-order valence-electron chi connectivity index (χ1n) is 9.48. The molecule has 5 heteroatoms. The number of anilines is 1. The first kappa shape index (κ1) is 19.2. The van der Waals surface area contributed by atoms with Crippen molar-refractivity contribution < 1.29 is 13.9 Å². The average Bonchev–Trinajstić information content (AvgIpc) is 2.68. The van der Waals surface area contributed by atoms with Crippen molar-refractivity contribution in [1.82, 2.24) is 4.90 Å². The average molecular weight is 370 g/mol. The number of amides is 1. The number of piperidine rings is 1. The number of carbonyl (C=O) groups is 1. The van der Waals surface area contributed by atoms with E-state index in [-0.39, 0.29) is 11.7 Å². The molecule has 1 fully saturated rings. The monoisotopic (exact) mass is 370 g/mol. The molecule has 0 N–H and O–H groups in total. The molecule has 0 bridgehead atoms. The Morgan fingerprint density at radius 2 is 1.89 bits per heavy atom. The van der Waals surface area contributed by atoms with E-state index in [4.69, 9.17) is 4.74 Å². The molecule has 0 atom stereocenters. The Labute approximate surface area is 160 Å². The van der Waals surface area contributed by atoms with E-state index < -0.39 is 0 Å². The van der Waals surface area contributed by atoms with Gasteiger partial charge in [-0.3, -0.25) is 4.79 Å². The van der Waals surface area contributed by atoms with E-state index in [1.165, 1.54) is 12.1 Å². The molecule has 0 unspecified atom stereocenters. The van der Waals surface area contributed by atoms with Gasteiger partial charge in [-0.15, -0.1) is 0 Å². The van der Waals surface area contributed by atoms with Crippen molar-refractivity contribution in [1.29, 1.82) is 0 Å². The topological polar surface area (TPSA) is 32.8 Å². The van der Waals surface area contributed by atoms with Crippen molar-refractivity contribution in [2.45, 2.75) is 19.3 Å². The van der Waals surface area contributed by atoms with Crippen LogP contribution in [0.5, 0.6) is 5.75 Å². The molecule has 0 aliphatic carbocycles. The summed E-state index contributed by atoms with van der Waals surface area (Å²) in [5.74, 6) is 0.935. The highest BCUT2D eigenvalue weighted by molar-refractivity contribution is 5.95. The number of benzene rings is 2. The van der Waals surface area contributed by atoms with Crippen molar-refractivity contribution in [3.63, 3.8) is 0 Å². The molecule has 27 heavy (non-hydrogen) atoms. The van der Waals surface area contributed by atoms with Gasteiger partial charge in [0, 0.05) is 44.5 Å². The van der Waals surface area contributed by atoms with Crippen LogP contribution in [0.1, 0.15) is 29.6 Å². The summed E-state index contributed by atoms with van der Waals surface area (Å²) in [6.07, 6.45) is 2.88. The van der Waals surface area contributed by atoms with Gasteiger partial charge in [0.15, 0.2) is 0 Å². The van der Waals surface area contributed by atoms with E-state index in [9.17, 15) is 9.18 Å². The molecule has 1 aliphatic heterocycles. The predicted octanol–water partition coefficient (Wildman–Crippen LogP) is 4.21. The molecule has 2 aromatic carbocycles. The predicted molar refractivity (Wildman–Crippen MR) is 106 cm³/mol. The van der Waals surface area contributed by atoms with Gasteiger partial charge in [-0.1, -0.05) is 12.1 Å². The Bertz CT molecular complexity index is 770. The summed E-state index contributed by atoms with van der Waals surface area (Å²) in [6.45, 7) is 2.12. The fourth-order valence-electron chi connectivity index (χ4n) is 3.42. The Morgan fingerprint density at radius 1 is 1.15 bits per heavy atom. The number of rotatable bonds is 6. The van der Waals surface area contributed by atoms with Crippen LogP contribution in [0.25, 0.3) is 0 Å². The summed E-state index contributed by atoms with van der Waals surface area (Å²) >= 11 is 0. The van der Waals surface area contributed by atoms with Crippen LogP contribution in [0, 0.1) is 11.7 Å². The van der Waals surface area contributed by atoms with E-state index in [2.05, 4.69) is 0 Å². The summed E-state index contributed by atoms with van der Waals surface area (Å²) in [5, 5.41) is 0. The van der Waals surface area contributed by atoms with Gasteiger partial charge >= 0.3 is 0 Å². The standard InChI is InChI=1S/C22H27FN2O2/c1-24(2)20-7-3-5-18(15-20)22(26)25-12-9-17(10-13-25)11-14-27-21-8-4-6-19(23)16-21/h3-8,15-17H,9-14H2,1-2H3. The van der Waals surface area contributed by atoms with E-state index >= 15 is 0 Å². The van der Waals surface area contributed by atoms with Crippen molar-refractivity contribution in [2.75, 3.05) is 38.7 Å². The Morgan fingerprint density at radius 3 is 2.59 bits per heavy atom. The van der Waals surface area contributed by atoms with Gasteiger partial charge in [-0.2, -0.15) is 0 Å². The first-order chi connectivity index (χ1) is 13.0. The highest BCUT2D eigenvalue weighted by Gasteiger charge is 2.23. The van der Waals surface area contributed by atoms with Crippen LogP contribution in [0.2, 0.25) is 0 Å². The summed E-state index contributed by atoms with van der Waals surface area (Å²) in [5.41, 5.74) is 1.78. The maximum absolute atomic E-state index is 13.2. The third-order valence-corrected chi connectivity index (χ3v) is 5.10. The van der Waals surface area contributed by atoms with Crippen LogP contribution in [0.15, 0.2) is 48.5 Å². The second-order valence-electron chi connectivity index (χ2n) is 7.27. The number of ether oxygens (including phenoxy) is 1. The van der Waals surface area contributed by atoms with Crippen molar-refractivity contribution in [3.05, 3.63) is 59.9 Å². The molecule has 0 radical (unpaired) electrons. The Hall–Kier alpha value is -2.56. The number of hydrogen-bond donors (Lipinski definition) is 0. The number of hydrogen-bond acceptors (Lipinski definition) is 3. The molecule has 1 amide bonds. The highest BCUT2D eigenvalue weighted by atomic mass is 19.1. The van der Waals surface area contributed by atoms with Crippen molar-refractivity contribution >= 4 is 11.6 Å². The molecule has 0 aromatic heterocycles. The lowest BCUT2D eigenvalue weighted by Crippen LogP contribution is -2.38. The van der Waals surface area contributed by atoms with E-state index in [1.807, 2.05) is 48.2 Å². The second-order valence-corrected chi connectivity index (χ2v) is 7.27. The molecule has 4 nitrogen and oxygen atoms in total. The third kappa shape index (κ3) is 5.22. The molecule has 1 saturated heterocycles. The zero-order valence-corrected chi connectivity index (χ0v) is 16.0. The number of nitrogens with zero attached hydrogens (tertiary/aromatic N) is 2. The minimum atomic E-state index is -0.280. The second kappa shape index (κ2) is 8.89. The van der Waals surface area contributed by atoms with Crippen LogP contribution < -0.4 is 9.64 Å². The molecule has 1 aliphatic rings. The fourth-order valence-corrected chi connectivity index (χ4v) is 3.42. The SMILES string of the molecule is CN(C)c1cccc(C(=O)N2CCC(CCOc3cccc(F)c3)CC2)c1. The molecule has 2 aromatic rings. The minimum absolute atomic E-state index is 0.105. The third-order valence-electron chi connectivity index (χ3n) is 5.10. The van der Waals surface area contributed by atoms with Crippen LogP contribution >= 0.6 is 0 Å². The Balaban J connectivity index is 1.45. The quantitative estimate of drug-likeness (QED) is 0.763. The summed E-state index contributed by atoms with van der Waals surface area (Å²) in [4.78, 5) is 16.7. The number of halogens is 1. The van der Waals surface area contributed by atoms with Gasteiger partial charge in [-0.25, -0.2) is 4.39 Å². The first-order valence-corrected chi connectivity index (χ1v) is 9.48. The summed E-state index contributed by atoms with van der Waals surface area (Å²) in [7, 11) is 3.95. The summed E-state index contributed by atoms with van der Waals surface area (Å²) in [6, 6.07) is 14.0. The van der Waals surface area contributed by atoms with E-state index in [0.717, 1.165) is 43.6 Å².